The molecule has 2 aliphatic rings. The van der Waals surface area contributed by atoms with Crippen molar-refractivity contribution in [3.63, 3.8) is 0 Å². The third kappa shape index (κ3) is 4.22. The molecule has 1 fully saturated rings. The van der Waals surface area contributed by atoms with E-state index in [4.69, 9.17) is 5.26 Å². The van der Waals surface area contributed by atoms with E-state index in [1.807, 2.05) is 6.07 Å². The maximum absolute atomic E-state index is 13.2. The first-order valence-electron chi connectivity index (χ1n) is 10.8. The Morgan fingerprint density at radius 1 is 1.34 bits per heavy atom. The number of aromatic nitrogens is 4. The highest BCUT2D eigenvalue weighted by Gasteiger charge is 2.40. The van der Waals surface area contributed by atoms with Crippen LogP contribution in [0.25, 0.3) is 21.9 Å². The van der Waals surface area contributed by atoms with Crippen molar-refractivity contribution in [2.75, 3.05) is 13.1 Å². The first-order valence-corrected chi connectivity index (χ1v) is 13.1. The maximum atomic E-state index is 13.2. The average Bonchev–Trinajstić information content (AvgIpc) is 3.52. The minimum Gasteiger partial charge on any atom is -0.315 e. The number of nitrogens with zero attached hydrogens (tertiary/aromatic N) is 5. The summed E-state index contributed by atoms with van der Waals surface area (Å²) in [7, 11) is -4.07. The number of alkyl halides is 3. The summed E-state index contributed by atoms with van der Waals surface area (Å²) in [5, 5.41) is 18.2. The van der Waals surface area contributed by atoms with Crippen LogP contribution in [0.5, 0.6) is 0 Å². The molecule has 1 atom stereocenters. The number of fused-ring (bicyclic) bond motifs is 1. The highest BCUT2D eigenvalue weighted by atomic mass is 32.2. The molecule has 1 aliphatic heterocycles. The number of halogens is 3. The fourth-order valence-corrected chi connectivity index (χ4v) is 6.23. The number of pyridine rings is 1. The van der Waals surface area contributed by atoms with Crippen LogP contribution in [0.15, 0.2) is 29.3 Å². The molecule has 14 heteroatoms. The fourth-order valence-electron chi connectivity index (χ4n) is 4.31. The molecular weight excluding hydrogens is 503 g/mol. The van der Waals surface area contributed by atoms with Gasteiger partial charge >= 0.3 is 6.18 Å². The molecule has 35 heavy (non-hydrogen) atoms. The van der Waals surface area contributed by atoms with Gasteiger partial charge in [0.1, 0.15) is 6.04 Å². The Morgan fingerprint density at radius 2 is 2.11 bits per heavy atom. The van der Waals surface area contributed by atoms with Crippen LogP contribution in [0, 0.1) is 16.7 Å². The largest absolute Gasteiger partial charge is 0.445 e. The second-order valence-electron chi connectivity index (χ2n) is 8.66. The molecule has 1 aliphatic carbocycles. The van der Waals surface area contributed by atoms with Gasteiger partial charge in [0, 0.05) is 24.7 Å². The van der Waals surface area contributed by atoms with E-state index in [1.54, 1.807) is 13.0 Å². The van der Waals surface area contributed by atoms with Crippen molar-refractivity contribution in [1.29, 1.82) is 5.26 Å². The molecule has 0 radical (unpaired) electrons. The summed E-state index contributed by atoms with van der Waals surface area (Å²) in [6, 6.07) is 3.94. The molecule has 3 aromatic rings. The topological polar surface area (TPSA) is 125 Å². The number of imidazole rings is 1. The first kappa shape index (κ1) is 23.9. The van der Waals surface area contributed by atoms with Crippen molar-refractivity contribution in [3.8, 4) is 16.9 Å². The lowest BCUT2D eigenvalue weighted by Crippen LogP contribution is -2.50. The summed E-state index contributed by atoms with van der Waals surface area (Å²) in [4.78, 5) is 4.48. The number of rotatable bonds is 6. The molecule has 1 spiro atoms. The number of hydrogen-bond donors (Lipinski definition) is 2. The Morgan fingerprint density at radius 3 is 2.69 bits per heavy atom. The number of hydrogen-bond acceptors (Lipinski definition) is 8. The summed E-state index contributed by atoms with van der Waals surface area (Å²) < 4.78 is 69.1. The summed E-state index contributed by atoms with van der Waals surface area (Å²) in [6.45, 7) is 3.38. The Hall–Kier alpha value is -2.86. The molecular formula is C21H20F3N7O2S2. The number of allylic oxidation sites excluding steroid dienone is 1. The summed E-state index contributed by atoms with van der Waals surface area (Å²) >= 11 is 0.342. The van der Waals surface area contributed by atoms with Crippen LogP contribution in [0.2, 0.25) is 0 Å². The number of sulfonamides is 1. The third-order valence-corrected chi connectivity index (χ3v) is 8.69. The van der Waals surface area contributed by atoms with E-state index in [-0.39, 0.29) is 27.6 Å². The Bertz CT molecular complexity index is 1480. The standard InChI is InChI=1S/C21H20F3N7O2S2/c1-2-13(8-25)30-35(32,33)14-3-4-15-16(12-5-6-20(7-12)10-26-11-20)27-17(31(15)9-14)18-28-29-19(34-18)21(22,23)24/h3-4,7,9,13,26,30H,2,5-6,10-11H2,1H3. The van der Waals surface area contributed by atoms with Gasteiger partial charge in [-0.1, -0.05) is 24.3 Å². The molecule has 3 aromatic heterocycles. The lowest BCUT2D eigenvalue weighted by molar-refractivity contribution is -0.138. The molecule has 0 bridgehead atoms. The number of nitrogens with one attached hydrogen (secondary N) is 2. The zero-order valence-electron chi connectivity index (χ0n) is 18.4. The molecule has 1 unspecified atom stereocenters. The van der Waals surface area contributed by atoms with Crippen molar-refractivity contribution in [3.05, 3.63) is 35.1 Å². The average molecular weight is 524 g/mol. The van der Waals surface area contributed by atoms with Gasteiger partial charge in [0.2, 0.25) is 15.0 Å². The predicted octanol–water partition coefficient (Wildman–Crippen LogP) is 3.22. The molecule has 184 valence electrons. The van der Waals surface area contributed by atoms with Gasteiger partial charge in [-0.15, -0.1) is 10.2 Å². The van der Waals surface area contributed by atoms with Gasteiger partial charge in [-0.25, -0.2) is 13.4 Å². The van der Waals surface area contributed by atoms with E-state index in [9.17, 15) is 21.6 Å². The highest BCUT2D eigenvalue weighted by molar-refractivity contribution is 7.89. The molecule has 0 amide bonds. The van der Waals surface area contributed by atoms with E-state index < -0.39 is 27.2 Å². The Kier molecular flexibility index (Phi) is 5.71. The normalized spacial score (nSPS) is 18.4. The van der Waals surface area contributed by atoms with E-state index in [1.165, 1.54) is 16.7 Å². The lowest BCUT2D eigenvalue weighted by atomic mass is 9.82. The lowest BCUT2D eigenvalue weighted by Gasteiger charge is -2.37. The van der Waals surface area contributed by atoms with Gasteiger partial charge in [-0.2, -0.15) is 23.2 Å². The third-order valence-electron chi connectivity index (χ3n) is 6.27. The van der Waals surface area contributed by atoms with Crippen molar-refractivity contribution in [1.82, 2.24) is 29.6 Å². The monoisotopic (exact) mass is 523 g/mol. The quantitative estimate of drug-likeness (QED) is 0.508. The van der Waals surface area contributed by atoms with E-state index >= 15 is 0 Å². The smallest absolute Gasteiger partial charge is 0.315 e. The predicted molar refractivity (Wildman–Crippen MR) is 122 cm³/mol. The molecule has 1 saturated heterocycles. The molecule has 5 rings (SSSR count). The van der Waals surface area contributed by atoms with E-state index in [0.717, 1.165) is 31.5 Å². The SMILES string of the molecule is CCC(C#N)NS(=O)(=O)c1ccc2c(C3=CC4(CC3)CNC4)nc(-c3nnc(C(F)(F)F)s3)n2c1. The van der Waals surface area contributed by atoms with Crippen molar-refractivity contribution in [2.45, 2.75) is 43.3 Å². The van der Waals surface area contributed by atoms with Crippen LogP contribution in [-0.2, 0) is 16.2 Å². The second-order valence-corrected chi connectivity index (χ2v) is 11.4. The van der Waals surface area contributed by atoms with Gasteiger partial charge in [-0.05, 0) is 37.0 Å². The van der Waals surface area contributed by atoms with Gasteiger partial charge in [0.25, 0.3) is 0 Å². The number of nitriles is 1. The van der Waals surface area contributed by atoms with Gasteiger partial charge in [-0.3, -0.25) is 4.40 Å². The van der Waals surface area contributed by atoms with Crippen LogP contribution in [-0.4, -0.2) is 47.1 Å². The van der Waals surface area contributed by atoms with Crippen LogP contribution in [0.4, 0.5) is 13.2 Å². The fraction of sp³-hybridized carbons (Fsp3) is 0.429. The molecule has 4 heterocycles. The van der Waals surface area contributed by atoms with Crippen molar-refractivity contribution in [2.24, 2.45) is 5.41 Å². The van der Waals surface area contributed by atoms with Crippen LogP contribution >= 0.6 is 11.3 Å². The molecule has 0 saturated carbocycles. The van der Waals surface area contributed by atoms with Crippen LogP contribution in [0.1, 0.15) is 36.9 Å². The minimum absolute atomic E-state index is 0.0529. The summed E-state index contributed by atoms with van der Waals surface area (Å²) in [6.07, 6.45) is 0.742. The Balaban J connectivity index is 1.65. The second kappa shape index (κ2) is 8.37. The highest BCUT2D eigenvalue weighted by Crippen LogP contribution is 2.44. The van der Waals surface area contributed by atoms with Gasteiger partial charge in [0.05, 0.1) is 22.2 Å². The zero-order chi connectivity index (χ0) is 25.0. The van der Waals surface area contributed by atoms with E-state index in [2.05, 4.69) is 31.3 Å². The van der Waals surface area contributed by atoms with Gasteiger partial charge in [0.15, 0.2) is 10.8 Å². The first-order chi connectivity index (χ1) is 16.5. The van der Waals surface area contributed by atoms with E-state index in [0.29, 0.717) is 22.5 Å². The van der Waals surface area contributed by atoms with Crippen LogP contribution < -0.4 is 10.0 Å². The summed E-state index contributed by atoms with van der Waals surface area (Å²) in [5.74, 6) is 0.0703. The molecule has 0 aromatic carbocycles. The molecule has 9 nitrogen and oxygen atoms in total. The minimum atomic E-state index is -4.66. The molecule has 2 N–H and O–H groups in total. The van der Waals surface area contributed by atoms with Crippen LogP contribution in [0.3, 0.4) is 0 Å². The Labute approximate surface area is 202 Å². The van der Waals surface area contributed by atoms with Crippen molar-refractivity contribution >= 4 is 32.4 Å². The zero-order valence-corrected chi connectivity index (χ0v) is 20.1. The summed E-state index contributed by atoms with van der Waals surface area (Å²) in [5.41, 5.74) is 2.13. The maximum Gasteiger partial charge on any atom is 0.445 e. The van der Waals surface area contributed by atoms with Crippen molar-refractivity contribution < 1.29 is 21.6 Å². The van der Waals surface area contributed by atoms with Gasteiger partial charge < -0.3 is 5.32 Å².